The van der Waals surface area contributed by atoms with Gasteiger partial charge in [0.1, 0.15) is 23.9 Å². The molecule has 4 aromatic rings. The Morgan fingerprint density at radius 3 is 2.52 bits per heavy atom. The van der Waals surface area contributed by atoms with Crippen LogP contribution in [0.25, 0.3) is 21.7 Å². The second-order valence-electron chi connectivity index (χ2n) is 7.98. The fourth-order valence-electron chi connectivity index (χ4n) is 4.49. The lowest BCUT2D eigenvalue weighted by Gasteiger charge is -2.31. The lowest BCUT2D eigenvalue weighted by Crippen LogP contribution is -2.36. The fourth-order valence-corrected chi connectivity index (χ4v) is 4.49. The van der Waals surface area contributed by atoms with Gasteiger partial charge in [0, 0.05) is 34.7 Å². The molecule has 1 saturated heterocycles. The number of rotatable bonds is 6. The molecule has 3 aromatic carbocycles. The van der Waals surface area contributed by atoms with Crippen molar-refractivity contribution < 1.29 is 18.4 Å². The minimum Gasteiger partial charge on any atom is -0.496 e. The van der Waals surface area contributed by atoms with Gasteiger partial charge in [-0.1, -0.05) is 29.4 Å². The molecule has 1 aliphatic heterocycles. The summed E-state index contributed by atoms with van der Waals surface area (Å²) in [7, 11) is 1.69. The Bertz CT molecular complexity index is 1200. The molecule has 1 aromatic heterocycles. The number of likely N-dealkylation sites (tertiary alicyclic amines) is 1. The zero-order valence-electron chi connectivity index (χ0n) is 17.5. The van der Waals surface area contributed by atoms with Crippen LogP contribution in [0.3, 0.4) is 0 Å². The van der Waals surface area contributed by atoms with Crippen LogP contribution in [0.4, 0.5) is 4.39 Å². The van der Waals surface area contributed by atoms with Crippen molar-refractivity contribution in [1.29, 1.82) is 0 Å². The predicted molar refractivity (Wildman–Crippen MR) is 118 cm³/mol. The molecule has 0 N–H and O–H groups in total. The van der Waals surface area contributed by atoms with Gasteiger partial charge in [-0.2, -0.15) is 0 Å². The van der Waals surface area contributed by atoms with E-state index in [1.165, 1.54) is 12.1 Å². The Hall–Kier alpha value is -3.12. The lowest BCUT2D eigenvalue weighted by molar-refractivity contribution is 0.172. The molecule has 5 nitrogen and oxygen atoms in total. The van der Waals surface area contributed by atoms with Crippen LogP contribution >= 0.6 is 0 Å². The summed E-state index contributed by atoms with van der Waals surface area (Å²) in [5.74, 6) is 1.78. The maximum absolute atomic E-state index is 13.4. The maximum atomic E-state index is 13.4. The summed E-state index contributed by atoms with van der Waals surface area (Å²) in [5.41, 5.74) is 1.48. The molecule has 160 valence electrons. The fraction of sp³-hybridized carbons (Fsp3) is 0.320. The predicted octanol–water partition coefficient (Wildman–Crippen LogP) is 5.39. The van der Waals surface area contributed by atoms with Gasteiger partial charge in [0.15, 0.2) is 5.58 Å². The topological polar surface area (TPSA) is 47.7 Å². The number of methoxy groups -OCH3 is 1. The molecule has 0 amide bonds. The smallest absolute Gasteiger partial charge is 0.170 e. The van der Waals surface area contributed by atoms with Crippen LogP contribution in [0.15, 0.2) is 59.1 Å². The summed E-state index contributed by atoms with van der Waals surface area (Å²) in [6.07, 6.45) is 2.01. The highest BCUT2D eigenvalue weighted by atomic mass is 19.1. The number of halogens is 1. The number of fused-ring (bicyclic) bond motifs is 2. The molecule has 1 fully saturated rings. The van der Waals surface area contributed by atoms with Crippen molar-refractivity contribution >= 4 is 21.7 Å². The van der Waals surface area contributed by atoms with Crippen molar-refractivity contribution in [2.45, 2.75) is 18.8 Å². The summed E-state index contributed by atoms with van der Waals surface area (Å²) < 4.78 is 30.3. The number of hydrogen-bond donors (Lipinski definition) is 0. The van der Waals surface area contributed by atoms with Gasteiger partial charge in [-0.3, -0.25) is 4.90 Å². The number of ether oxygens (including phenoxy) is 2. The van der Waals surface area contributed by atoms with Gasteiger partial charge in [0.25, 0.3) is 0 Å². The zero-order chi connectivity index (χ0) is 21.2. The largest absolute Gasteiger partial charge is 0.496 e. The first-order valence-electron chi connectivity index (χ1n) is 10.7. The first-order valence-corrected chi connectivity index (χ1v) is 10.7. The maximum Gasteiger partial charge on any atom is 0.170 e. The SMILES string of the molecule is COc1ccc(OCCN2CCC(c3noc4cc(F)ccc34)CC2)c2ccccc12. The van der Waals surface area contributed by atoms with E-state index in [9.17, 15) is 4.39 Å². The Morgan fingerprint density at radius 1 is 1.00 bits per heavy atom. The van der Waals surface area contributed by atoms with Gasteiger partial charge in [0.2, 0.25) is 0 Å². The summed E-state index contributed by atoms with van der Waals surface area (Å²) in [5, 5.41) is 7.28. The minimum absolute atomic E-state index is 0.297. The highest BCUT2D eigenvalue weighted by molar-refractivity contribution is 5.93. The van der Waals surface area contributed by atoms with Crippen LogP contribution in [0, 0.1) is 5.82 Å². The molecule has 1 aliphatic rings. The molecular weight excluding hydrogens is 395 g/mol. The van der Waals surface area contributed by atoms with E-state index < -0.39 is 0 Å². The number of piperidine rings is 1. The molecule has 0 saturated carbocycles. The zero-order valence-corrected chi connectivity index (χ0v) is 17.5. The van der Waals surface area contributed by atoms with Gasteiger partial charge in [-0.05, 0) is 50.2 Å². The summed E-state index contributed by atoms with van der Waals surface area (Å²) in [6.45, 7) is 3.46. The van der Waals surface area contributed by atoms with E-state index in [-0.39, 0.29) is 5.82 Å². The minimum atomic E-state index is -0.297. The van der Waals surface area contributed by atoms with Crippen LogP contribution < -0.4 is 9.47 Å². The molecule has 0 spiro atoms. The van der Waals surface area contributed by atoms with Crippen molar-refractivity contribution in [2.24, 2.45) is 0 Å². The van der Waals surface area contributed by atoms with E-state index in [4.69, 9.17) is 14.0 Å². The molecule has 0 aliphatic carbocycles. The van der Waals surface area contributed by atoms with E-state index in [0.29, 0.717) is 18.1 Å². The van der Waals surface area contributed by atoms with E-state index in [1.807, 2.05) is 30.3 Å². The molecule has 0 bridgehead atoms. The van der Waals surface area contributed by atoms with Crippen molar-refractivity contribution in [3.05, 3.63) is 66.1 Å². The van der Waals surface area contributed by atoms with E-state index in [2.05, 4.69) is 16.1 Å². The molecule has 6 heteroatoms. The van der Waals surface area contributed by atoms with Crippen molar-refractivity contribution in [1.82, 2.24) is 10.1 Å². The first kappa shape index (κ1) is 19.8. The quantitative estimate of drug-likeness (QED) is 0.419. The van der Waals surface area contributed by atoms with Crippen molar-refractivity contribution in [3.63, 3.8) is 0 Å². The highest BCUT2D eigenvalue weighted by Crippen LogP contribution is 2.34. The first-order chi connectivity index (χ1) is 15.2. The average Bonchev–Trinajstić information content (AvgIpc) is 3.22. The summed E-state index contributed by atoms with van der Waals surface area (Å²) in [4.78, 5) is 2.42. The van der Waals surface area contributed by atoms with E-state index in [0.717, 1.165) is 65.8 Å². The number of hydrogen-bond acceptors (Lipinski definition) is 5. The molecule has 5 rings (SSSR count). The third-order valence-electron chi connectivity index (χ3n) is 6.17. The van der Waals surface area contributed by atoms with Crippen LogP contribution in [-0.4, -0.2) is 43.4 Å². The third kappa shape index (κ3) is 3.95. The second-order valence-corrected chi connectivity index (χ2v) is 7.98. The molecule has 31 heavy (non-hydrogen) atoms. The van der Waals surface area contributed by atoms with E-state index >= 15 is 0 Å². The van der Waals surface area contributed by atoms with Gasteiger partial charge in [-0.15, -0.1) is 0 Å². The van der Waals surface area contributed by atoms with Crippen LogP contribution in [0.2, 0.25) is 0 Å². The standard InChI is InChI=1S/C25H25FN2O3/c1-29-22-8-9-23(20-5-3-2-4-19(20)22)30-15-14-28-12-10-17(11-13-28)25-21-7-6-18(26)16-24(21)31-27-25/h2-9,16-17H,10-15H2,1H3. The van der Waals surface area contributed by atoms with Gasteiger partial charge in [-0.25, -0.2) is 4.39 Å². The van der Waals surface area contributed by atoms with Crippen LogP contribution in [-0.2, 0) is 0 Å². The number of benzene rings is 3. The molecule has 0 unspecified atom stereocenters. The Morgan fingerprint density at radius 2 is 1.74 bits per heavy atom. The molecule has 2 heterocycles. The van der Waals surface area contributed by atoms with Gasteiger partial charge in [0.05, 0.1) is 12.8 Å². The number of aromatic nitrogens is 1. The second kappa shape index (κ2) is 8.55. The molecule has 0 radical (unpaired) electrons. The van der Waals surface area contributed by atoms with Crippen LogP contribution in [0.1, 0.15) is 24.5 Å². The number of nitrogens with zero attached hydrogens (tertiary/aromatic N) is 2. The lowest BCUT2D eigenvalue weighted by atomic mass is 9.91. The van der Waals surface area contributed by atoms with Gasteiger partial charge < -0.3 is 14.0 Å². The summed E-state index contributed by atoms with van der Waals surface area (Å²) >= 11 is 0. The Kier molecular flexibility index (Phi) is 5.47. The van der Waals surface area contributed by atoms with Crippen molar-refractivity contribution in [3.8, 4) is 11.5 Å². The normalized spacial score (nSPS) is 15.5. The molecular formula is C25H25FN2O3. The third-order valence-corrected chi connectivity index (χ3v) is 6.17. The Balaban J connectivity index is 1.18. The monoisotopic (exact) mass is 420 g/mol. The Labute approximate surface area is 180 Å². The highest BCUT2D eigenvalue weighted by Gasteiger charge is 2.25. The molecule has 0 atom stereocenters. The van der Waals surface area contributed by atoms with E-state index in [1.54, 1.807) is 13.2 Å². The summed E-state index contributed by atoms with van der Waals surface area (Å²) in [6, 6.07) is 16.7. The van der Waals surface area contributed by atoms with Crippen molar-refractivity contribution in [2.75, 3.05) is 33.4 Å². The average molecular weight is 420 g/mol. The van der Waals surface area contributed by atoms with Crippen LogP contribution in [0.5, 0.6) is 11.5 Å². The van der Waals surface area contributed by atoms with Gasteiger partial charge >= 0.3 is 0 Å².